The molecule has 1 N–H and O–H groups in total. The highest BCUT2D eigenvalue weighted by atomic mass is 16.6. The lowest BCUT2D eigenvalue weighted by molar-refractivity contribution is -0.385. The highest BCUT2D eigenvalue weighted by Crippen LogP contribution is 2.27. The van der Waals surface area contributed by atoms with E-state index in [4.69, 9.17) is 9.15 Å². The molecule has 2 aromatic carbocycles. The van der Waals surface area contributed by atoms with Gasteiger partial charge in [-0.05, 0) is 43.3 Å². The average Bonchev–Trinajstić information content (AvgIpc) is 3.41. The zero-order valence-electron chi connectivity index (χ0n) is 17.8. The Balaban J connectivity index is 1.41. The molecule has 0 unspecified atom stereocenters. The van der Waals surface area contributed by atoms with Crippen LogP contribution in [0.25, 0.3) is 0 Å². The lowest BCUT2D eigenvalue weighted by Gasteiger charge is -2.11. The van der Waals surface area contributed by atoms with Crippen molar-refractivity contribution in [3.8, 4) is 0 Å². The fourth-order valence-electron chi connectivity index (χ4n) is 3.48. The van der Waals surface area contributed by atoms with Crippen LogP contribution in [0.2, 0.25) is 0 Å². The maximum atomic E-state index is 12.7. The minimum atomic E-state index is -0.876. The third-order valence-electron chi connectivity index (χ3n) is 5.21. The lowest BCUT2D eigenvalue weighted by atomic mass is 10.1. The Morgan fingerprint density at radius 2 is 1.85 bits per heavy atom. The van der Waals surface area contributed by atoms with Crippen molar-refractivity contribution in [2.24, 2.45) is 0 Å². The molecule has 2 heterocycles. The molecule has 0 bridgehead atoms. The van der Waals surface area contributed by atoms with Crippen molar-refractivity contribution in [2.45, 2.75) is 13.5 Å². The molecule has 34 heavy (non-hydrogen) atoms. The minimum absolute atomic E-state index is 0.0147. The fourth-order valence-corrected chi connectivity index (χ4v) is 3.48. The molecule has 4 rings (SSSR count). The summed E-state index contributed by atoms with van der Waals surface area (Å²) in [6, 6.07) is 11.4. The predicted molar refractivity (Wildman–Crippen MR) is 116 cm³/mol. The van der Waals surface area contributed by atoms with Gasteiger partial charge in [-0.15, -0.1) is 0 Å². The van der Waals surface area contributed by atoms with Gasteiger partial charge < -0.3 is 14.5 Å². The number of nitro benzene ring substituents is 1. The van der Waals surface area contributed by atoms with Crippen LogP contribution in [0, 0.1) is 17.0 Å². The molecule has 0 spiro atoms. The molecule has 0 fully saturated rings. The first kappa shape index (κ1) is 22.4. The number of nitrogens with one attached hydrogen (secondary N) is 1. The topological polar surface area (TPSA) is 149 Å². The van der Waals surface area contributed by atoms with Crippen LogP contribution in [0.1, 0.15) is 42.4 Å². The summed E-state index contributed by atoms with van der Waals surface area (Å²) in [5.41, 5.74) is 0.489. The zero-order chi connectivity index (χ0) is 24.4. The fraction of sp³-hybridized carbons (Fsp3) is 0.130. The number of amides is 3. The summed E-state index contributed by atoms with van der Waals surface area (Å²) in [5.74, 6) is -2.24. The number of rotatable bonds is 7. The first-order valence-electron chi connectivity index (χ1n) is 10.00. The van der Waals surface area contributed by atoms with E-state index in [-0.39, 0.29) is 40.2 Å². The quantitative estimate of drug-likeness (QED) is 0.243. The van der Waals surface area contributed by atoms with Gasteiger partial charge in [-0.1, -0.05) is 6.07 Å². The van der Waals surface area contributed by atoms with Crippen LogP contribution in [0.5, 0.6) is 0 Å². The minimum Gasteiger partial charge on any atom is -0.467 e. The molecule has 0 saturated heterocycles. The lowest BCUT2D eigenvalue weighted by Crippen LogP contribution is -2.28. The Labute approximate surface area is 192 Å². The van der Waals surface area contributed by atoms with Gasteiger partial charge in [-0.2, -0.15) is 0 Å². The van der Waals surface area contributed by atoms with E-state index in [1.807, 2.05) is 0 Å². The number of hydrogen-bond acceptors (Lipinski definition) is 8. The molecule has 1 aliphatic rings. The van der Waals surface area contributed by atoms with E-state index in [1.165, 1.54) is 49.6 Å². The Morgan fingerprint density at radius 3 is 2.56 bits per heavy atom. The molecular weight excluding hydrogens is 446 g/mol. The molecule has 0 radical (unpaired) electrons. The number of anilines is 1. The monoisotopic (exact) mass is 463 g/mol. The number of carbonyl (C=O) groups excluding carboxylic acids is 4. The molecule has 1 aliphatic heterocycles. The molecular formula is C23H17N3O8. The number of hydrogen-bond donors (Lipinski definition) is 1. The van der Waals surface area contributed by atoms with Crippen LogP contribution in [0.4, 0.5) is 11.4 Å². The Kier molecular flexibility index (Phi) is 5.92. The molecule has 0 saturated carbocycles. The molecule has 1 aromatic heterocycles. The van der Waals surface area contributed by atoms with E-state index < -0.39 is 35.2 Å². The maximum Gasteiger partial charge on any atom is 0.338 e. The van der Waals surface area contributed by atoms with Gasteiger partial charge in [0.25, 0.3) is 23.4 Å². The third kappa shape index (κ3) is 4.26. The maximum absolute atomic E-state index is 12.7. The van der Waals surface area contributed by atoms with E-state index in [0.717, 1.165) is 4.90 Å². The number of furan rings is 1. The smallest absolute Gasteiger partial charge is 0.338 e. The van der Waals surface area contributed by atoms with Crippen LogP contribution >= 0.6 is 0 Å². The number of ether oxygens (including phenoxy) is 1. The highest BCUT2D eigenvalue weighted by Gasteiger charge is 2.36. The standard InChI is InChI=1S/C23H17N3O8/c1-13-18(5-2-6-19(13)26(31)32)24-20(27)12-34-23(30)14-7-8-16-17(10-14)22(29)25(21(16)28)11-15-4-3-9-33-15/h2-10H,11-12H2,1H3,(H,24,27). The van der Waals surface area contributed by atoms with E-state index >= 15 is 0 Å². The van der Waals surface area contributed by atoms with Gasteiger partial charge in [0.05, 0.1) is 45.7 Å². The van der Waals surface area contributed by atoms with Gasteiger partial charge in [0, 0.05) is 6.07 Å². The van der Waals surface area contributed by atoms with E-state index in [9.17, 15) is 29.3 Å². The van der Waals surface area contributed by atoms with Crippen LogP contribution in [0.15, 0.2) is 59.2 Å². The third-order valence-corrected chi connectivity index (χ3v) is 5.21. The van der Waals surface area contributed by atoms with Crippen LogP contribution in [-0.2, 0) is 16.1 Å². The summed E-state index contributed by atoms with van der Waals surface area (Å²) in [6.07, 6.45) is 1.43. The molecule has 0 aliphatic carbocycles. The molecule has 11 nitrogen and oxygen atoms in total. The van der Waals surface area contributed by atoms with E-state index in [1.54, 1.807) is 12.1 Å². The number of carbonyl (C=O) groups is 4. The van der Waals surface area contributed by atoms with Crippen LogP contribution in [-0.4, -0.2) is 40.1 Å². The summed E-state index contributed by atoms with van der Waals surface area (Å²) in [5, 5.41) is 13.5. The van der Waals surface area contributed by atoms with Gasteiger partial charge in [0.2, 0.25) is 0 Å². The Bertz CT molecular complexity index is 1330. The number of esters is 1. The summed E-state index contributed by atoms with van der Waals surface area (Å²) in [4.78, 5) is 61.3. The van der Waals surface area contributed by atoms with Crippen LogP contribution in [0.3, 0.4) is 0 Å². The van der Waals surface area contributed by atoms with Crippen molar-refractivity contribution in [3.05, 3.63) is 92.9 Å². The summed E-state index contributed by atoms with van der Waals surface area (Å²) < 4.78 is 10.2. The largest absolute Gasteiger partial charge is 0.467 e. The van der Waals surface area contributed by atoms with E-state index in [0.29, 0.717) is 5.76 Å². The second-order valence-corrected chi connectivity index (χ2v) is 7.37. The summed E-state index contributed by atoms with van der Waals surface area (Å²) in [7, 11) is 0. The van der Waals surface area contributed by atoms with Crippen molar-refractivity contribution in [3.63, 3.8) is 0 Å². The predicted octanol–water partition coefficient (Wildman–Crippen LogP) is 3.09. The number of nitrogens with zero attached hydrogens (tertiary/aromatic N) is 2. The second kappa shape index (κ2) is 8.98. The first-order chi connectivity index (χ1) is 16.3. The first-order valence-corrected chi connectivity index (χ1v) is 10.00. The molecule has 3 amide bonds. The van der Waals surface area contributed by atoms with Crippen molar-refractivity contribution in [1.82, 2.24) is 4.90 Å². The normalized spacial score (nSPS) is 12.4. The van der Waals surface area contributed by atoms with Crippen molar-refractivity contribution in [2.75, 3.05) is 11.9 Å². The molecule has 172 valence electrons. The van der Waals surface area contributed by atoms with E-state index in [2.05, 4.69) is 5.32 Å². The van der Waals surface area contributed by atoms with Gasteiger partial charge >= 0.3 is 5.97 Å². The number of imide groups is 1. The van der Waals surface area contributed by atoms with Crippen LogP contribution < -0.4 is 5.32 Å². The molecule has 0 atom stereocenters. The van der Waals surface area contributed by atoms with Gasteiger partial charge in [-0.25, -0.2) is 4.79 Å². The van der Waals surface area contributed by atoms with Gasteiger partial charge in [0.1, 0.15) is 5.76 Å². The highest BCUT2D eigenvalue weighted by molar-refractivity contribution is 6.21. The SMILES string of the molecule is Cc1c(NC(=O)COC(=O)c2ccc3c(c2)C(=O)N(Cc2ccco2)C3=O)cccc1[N+](=O)[O-]. The number of nitro groups is 1. The van der Waals surface area contributed by atoms with Crippen molar-refractivity contribution >= 4 is 35.1 Å². The van der Waals surface area contributed by atoms with Gasteiger partial charge in [-0.3, -0.25) is 29.4 Å². The van der Waals surface area contributed by atoms with Crippen molar-refractivity contribution < 1.29 is 33.3 Å². The average molecular weight is 463 g/mol. The molecule has 11 heteroatoms. The van der Waals surface area contributed by atoms with Gasteiger partial charge in [0.15, 0.2) is 6.61 Å². The van der Waals surface area contributed by atoms with Crippen molar-refractivity contribution in [1.29, 1.82) is 0 Å². The Morgan fingerprint density at radius 1 is 1.09 bits per heavy atom. The molecule has 3 aromatic rings. The summed E-state index contributed by atoms with van der Waals surface area (Å²) >= 11 is 0. The Hall–Kier alpha value is -4.80. The number of fused-ring (bicyclic) bond motifs is 1. The zero-order valence-corrected chi connectivity index (χ0v) is 17.8. The second-order valence-electron chi connectivity index (χ2n) is 7.37. The number of benzene rings is 2. The summed E-state index contributed by atoms with van der Waals surface area (Å²) in [6.45, 7) is 0.781.